The molecule has 2 aliphatic heterocycles. The zero-order valence-corrected chi connectivity index (χ0v) is 28.9. The summed E-state index contributed by atoms with van der Waals surface area (Å²) in [4.78, 5) is 11.0. The van der Waals surface area contributed by atoms with E-state index in [4.69, 9.17) is 50.7 Å². The molecule has 0 unspecified atom stereocenters. The summed E-state index contributed by atoms with van der Waals surface area (Å²) in [6, 6.07) is 43.3. The van der Waals surface area contributed by atoms with Crippen LogP contribution in [-0.2, 0) is 30.5 Å². The standard InChI is InChI=1S/C11H14N2O3.C11H11NO2.C9H8N2O.C9H7NO/c12-10(13-14)8-11(15-6-7-16-11)9-4-2-1-3-5-9;12-7-6-11(13-8-9-14-11)10-4-2-1-3-5-10;10-9-6-8(12-11-9)7-4-2-1-3-5-7;10-7-6-9(11)8-4-2-1-3-5-8/h1-5,14H,6-8H2,(H2,12,13);1-5H,6,8-9H2;1-6H,(H2,10,11);1-5H,6H2. The van der Waals surface area contributed by atoms with Crippen LogP contribution in [0.2, 0.25) is 0 Å². The number of hydrogen-bond acceptors (Lipinski definition) is 12. The first kappa shape index (κ1) is 39.4. The van der Waals surface area contributed by atoms with Crippen molar-refractivity contribution in [2.24, 2.45) is 10.9 Å². The summed E-state index contributed by atoms with van der Waals surface area (Å²) in [7, 11) is 0. The van der Waals surface area contributed by atoms with E-state index in [1.54, 1.807) is 30.3 Å². The SMILES string of the molecule is N#CCC(=O)c1ccccc1.N#CCC1(c2ccccc2)OCCO1.NC(CC1(c2ccccc2)OCCO1)=NO.Nc1cc(-c2ccccc2)on1. The average Bonchev–Trinajstić information content (AvgIpc) is 4.00. The fourth-order valence-corrected chi connectivity index (χ4v) is 5.24. The van der Waals surface area contributed by atoms with Gasteiger partial charge in [0.25, 0.3) is 0 Å². The molecule has 3 heterocycles. The van der Waals surface area contributed by atoms with Crippen molar-refractivity contribution in [2.45, 2.75) is 30.8 Å². The molecule has 0 atom stereocenters. The van der Waals surface area contributed by atoms with Gasteiger partial charge in [-0.1, -0.05) is 132 Å². The number of nitrogens with two attached hydrogens (primary N) is 2. The summed E-state index contributed by atoms with van der Waals surface area (Å²) in [6.07, 6.45) is 0.411. The predicted molar refractivity (Wildman–Crippen MR) is 196 cm³/mol. The molecule has 5 N–H and O–H groups in total. The molecule has 5 aromatic rings. The second-order valence-electron chi connectivity index (χ2n) is 11.3. The van der Waals surface area contributed by atoms with Crippen molar-refractivity contribution in [2.75, 3.05) is 32.2 Å². The molecule has 7 rings (SSSR count). The molecule has 0 radical (unpaired) electrons. The van der Waals surface area contributed by atoms with Crippen molar-refractivity contribution in [3.63, 3.8) is 0 Å². The number of Topliss-reactive ketones (excluding diaryl/α,β-unsaturated/α-hetero) is 1. The molecule has 1 aromatic heterocycles. The molecule has 13 heteroatoms. The number of oxime groups is 1. The van der Waals surface area contributed by atoms with E-state index in [9.17, 15) is 4.79 Å². The summed E-state index contributed by atoms with van der Waals surface area (Å²) < 4.78 is 27.2. The smallest absolute Gasteiger partial charge is 0.208 e. The van der Waals surface area contributed by atoms with Gasteiger partial charge in [0.1, 0.15) is 5.84 Å². The molecular formula is C40H40N6O7. The van der Waals surface area contributed by atoms with E-state index in [0.29, 0.717) is 43.6 Å². The highest BCUT2D eigenvalue weighted by molar-refractivity contribution is 5.97. The van der Waals surface area contributed by atoms with Crippen molar-refractivity contribution in [3.05, 3.63) is 144 Å². The topological polar surface area (TPSA) is 212 Å². The Morgan fingerprint density at radius 3 is 1.66 bits per heavy atom. The van der Waals surface area contributed by atoms with E-state index >= 15 is 0 Å². The van der Waals surface area contributed by atoms with Gasteiger partial charge in [-0.25, -0.2) is 0 Å². The van der Waals surface area contributed by atoms with Gasteiger partial charge in [-0.15, -0.1) is 0 Å². The van der Waals surface area contributed by atoms with Crippen LogP contribution in [0, 0.1) is 22.7 Å². The van der Waals surface area contributed by atoms with Crippen LogP contribution in [0.15, 0.2) is 137 Å². The van der Waals surface area contributed by atoms with Gasteiger partial charge in [0.05, 0.1) is 57.8 Å². The summed E-state index contributed by atoms with van der Waals surface area (Å²) in [6.45, 7) is 2.12. The zero-order chi connectivity index (χ0) is 37.8. The minimum atomic E-state index is -0.905. The second-order valence-corrected chi connectivity index (χ2v) is 11.3. The van der Waals surface area contributed by atoms with Crippen LogP contribution in [0.3, 0.4) is 0 Å². The summed E-state index contributed by atoms with van der Waals surface area (Å²) >= 11 is 0. The van der Waals surface area contributed by atoms with Crippen molar-refractivity contribution in [1.29, 1.82) is 10.5 Å². The maximum absolute atomic E-state index is 11.0. The fourth-order valence-electron chi connectivity index (χ4n) is 5.24. The summed E-state index contributed by atoms with van der Waals surface area (Å²) in [5, 5.41) is 32.1. The molecule has 0 amide bonds. The molecule has 2 aliphatic rings. The van der Waals surface area contributed by atoms with E-state index in [-0.39, 0.29) is 30.9 Å². The van der Waals surface area contributed by atoms with Crippen molar-refractivity contribution in [3.8, 4) is 23.5 Å². The Hall–Kier alpha value is -6.35. The second kappa shape index (κ2) is 20.5. The third-order valence-electron chi connectivity index (χ3n) is 7.71. The third kappa shape index (κ3) is 11.6. The molecule has 2 saturated heterocycles. The lowest BCUT2D eigenvalue weighted by molar-refractivity contribution is -0.161. The molecule has 53 heavy (non-hydrogen) atoms. The molecule has 0 aliphatic carbocycles. The van der Waals surface area contributed by atoms with Crippen molar-refractivity contribution in [1.82, 2.24) is 5.16 Å². The third-order valence-corrected chi connectivity index (χ3v) is 7.71. The van der Waals surface area contributed by atoms with Gasteiger partial charge in [-0.2, -0.15) is 10.5 Å². The maximum atomic E-state index is 11.0. The van der Waals surface area contributed by atoms with Gasteiger partial charge in [-0.05, 0) is 0 Å². The van der Waals surface area contributed by atoms with Gasteiger partial charge in [0, 0.05) is 28.3 Å². The van der Waals surface area contributed by atoms with Gasteiger partial charge in [0.15, 0.2) is 17.4 Å². The van der Waals surface area contributed by atoms with Gasteiger partial charge < -0.3 is 40.1 Å². The normalized spacial score (nSPS) is 15.1. The van der Waals surface area contributed by atoms with Crippen LogP contribution in [0.1, 0.15) is 40.7 Å². The molecule has 4 aromatic carbocycles. The number of nitrogens with zero attached hydrogens (tertiary/aromatic N) is 4. The Morgan fingerprint density at radius 2 is 1.21 bits per heavy atom. The van der Waals surface area contributed by atoms with Crippen LogP contribution >= 0.6 is 0 Å². The molecule has 0 saturated carbocycles. The molecule has 272 valence electrons. The Kier molecular flexibility index (Phi) is 15.2. The lowest BCUT2D eigenvalue weighted by Crippen LogP contribution is -2.33. The Bertz CT molecular complexity index is 1930. The minimum Gasteiger partial charge on any atom is -0.409 e. The van der Waals surface area contributed by atoms with E-state index in [0.717, 1.165) is 16.7 Å². The van der Waals surface area contributed by atoms with E-state index in [1.807, 2.05) is 103 Å². The lowest BCUT2D eigenvalue weighted by atomic mass is 10.0. The number of carbonyl (C=O) groups is 1. The first-order valence-corrected chi connectivity index (χ1v) is 16.6. The number of nitriles is 2. The highest BCUT2D eigenvalue weighted by Gasteiger charge is 2.40. The Balaban J connectivity index is 0.000000159. The number of aromatic nitrogens is 1. The minimum absolute atomic E-state index is 0.0377. The number of ether oxygens (including phenoxy) is 4. The molecule has 2 fully saturated rings. The fraction of sp³-hybridized carbons (Fsp3) is 0.225. The molecule has 0 spiro atoms. The summed E-state index contributed by atoms with van der Waals surface area (Å²) in [5.74, 6) is -0.645. The van der Waals surface area contributed by atoms with Gasteiger partial charge in [0.2, 0.25) is 11.6 Å². The molecular weight excluding hydrogens is 676 g/mol. The Labute approximate surface area is 307 Å². The number of nitrogen functional groups attached to an aromatic ring is 1. The summed E-state index contributed by atoms with van der Waals surface area (Å²) in [5.41, 5.74) is 14.3. The lowest BCUT2D eigenvalue weighted by Gasteiger charge is -2.27. The van der Waals surface area contributed by atoms with Crippen LogP contribution < -0.4 is 11.5 Å². The molecule has 13 nitrogen and oxygen atoms in total. The number of rotatable bonds is 8. The van der Waals surface area contributed by atoms with Crippen LogP contribution in [0.5, 0.6) is 0 Å². The number of carbonyl (C=O) groups excluding carboxylic acids is 1. The number of amidine groups is 1. The predicted octanol–water partition coefficient (Wildman–Crippen LogP) is 6.53. The van der Waals surface area contributed by atoms with Crippen LogP contribution in [0.25, 0.3) is 11.3 Å². The van der Waals surface area contributed by atoms with Gasteiger partial charge in [-0.3, -0.25) is 4.79 Å². The highest BCUT2D eigenvalue weighted by Crippen LogP contribution is 2.35. The monoisotopic (exact) mass is 716 g/mol. The van der Waals surface area contributed by atoms with E-state index in [1.165, 1.54) is 0 Å². The van der Waals surface area contributed by atoms with Crippen LogP contribution in [-0.4, -0.2) is 48.4 Å². The van der Waals surface area contributed by atoms with E-state index < -0.39 is 11.6 Å². The average molecular weight is 717 g/mol. The molecule has 0 bridgehead atoms. The number of hydrogen-bond donors (Lipinski definition) is 3. The quantitative estimate of drug-likeness (QED) is 0.0514. The first-order chi connectivity index (χ1) is 25.8. The van der Waals surface area contributed by atoms with Crippen molar-refractivity contribution >= 4 is 17.4 Å². The Morgan fingerprint density at radius 1 is 0.736 bits per heavy atom. The first-order valence-electron chi connectivity index (χ1n) is 16.6. The number of anilines is 1. The highest BCUT2D eigenvalue weighted by atomic mass is 16.7. The van der Waals surface area contributed by atoms with Crippen LogP contribution in [0.4, 0.5) is 5.82 Å². The van der Waals surface area contributed by atoms with E-state index in [2.05, 4.69) is 16.4 Å². The largest absolute Gasteiger partial charge is 0.409 e. The number of benzene rings is 4. The van der Waals surface area contributed by atoms with Gasteiger partial charge >= 0.3 is 0 Å². The van der Waals surface area contributed by atoms with Crippen molar-refractivity contribution < 1.29 is 33.5 Å². The zero-order valence-electron chi connectivity index (χ0n) is 28.9. The number of ketones is 1. The maximum Gasteiger partial charge on any atom is 0.208 e.